The van der Waals surface area contributed by atoms with Crippen LogP contribution in [0.15, 0.2) is 53.5 Å². The van der Waals surface area contributed by atoms with Gasteiger partial charge in [-0.15, -0.1) is 5.10 Å². The summed E-state index contributed by atoms with van der Waals surface area (Å²) in [5, 5.41) is 5.51. The molecule has 4 aromatic rings. The summed E-state index contributed by atoms with van der Waals surface area (Å²) in [5.74, 6) is 0.108. The summed E-state index contributed by atoms with van der Waals surface area (Å²) in [6.07, 6.45) is 2.98. The van der Waals surface area contributed by atoms with Crippen molar-refractivity contribution in [2.24, 2.45) is 0 Å². The fraction of sp³-hybridized carbons (Fsp3) is 0.360. The summed E-state index contributed by atoms with van der Waals surface area (Å²) in [4.78, 5) is 34.2. The van der Waals surface area contributed by atoms with Gasteiger partial charge in [-0.05, 0) is 45.2 Å². The molecule has 4 heterocycles. The standard InChI is InChI=1S/C25H27N5O3/c1-25(2,3)33-24(32)29-11-9-17(10-12-29)20-14-21(31)27-23-19-13-18(16-7-5-4-6-8-16)15-26-22(19)28-30(20)23/h4-8,13-15,17H,9-12H2,1-3H3,(H,27,31). The van der Waals surface area contributed by atoms with Gasteiger partial charge in [0.25, 0.3) is 5.56 Å². The number of nitrogens with one attached hydrogen (secondary N) is 1. The first-order valence-electron chi connectivity index (χ1n) is 11.2. The Morgan fingerprint density at radius 3 is 2.52 bits per heavy atom. The molecular weight excluding hydrogens is 418 g/mol. The van der Waals surface area contributed by atoms with Crippen LogP contribution in [0.1, 0.15) is 45.2 Å². The van der Waals surface area contributed by atoms with E-state index >= 15 is 0 Å². The molecule has 0 unspecified atom stereocenters. The largest absolute Gasteiger partial charge is 0.444 e. The average Bonchev–Trinajstić information content (AvgIpc) is 3.16. The van der Waals surface area contributed by atoms with Crippen molar-refractivity contribution in [2.45, 2.75) is 45.1 Å². The Labute approximate surface area is 191 Å². The number of aromatic amines is 1. The lowest BCUT2D eigenvalue weighted by Gasteiger charge is -2.33. The number of carbonyl (C=O) groups is 1. The second-order valence-electron chi connectivity index (χ2n) is 9.52. The van der Waals surface area contributed by atoms with Crippen LogP contribution in [0.4, 0.5) is 4.79 Å². The molecule has 1 fully saturated rings. The summed E-state index contributed by atoms with van der Waals surface area (Å²) < 4.78 is 7.31. The quantitative estimate of drug-likeness (QED) is 0.495. The van der Waals surface area contributed by atoms with Crippen LogP contribution in [-0.4, -0.2) is 49.3 Å². The van der Waals surface area contributed by atoms with E-state index in [0.29, 0.717) is 24.4 Å². The third-order valence-electron chi connectivity index (χ3n) is 5.97. The van der Waals surface area contributed by atoms with Gasteiger partial charge >= 0.3 is 6.09 Å². The van der Waals surface area contributed by atoms with Crippen molar-refractivity contribution < 1.29 is 9.53 Å². The number of ether oxygens (including phenoxy) is 1. The van der Waals surface area contributed by atoms with Crippen LogP contribution in [0, 0.1) is 0 Å². The summed E-state index contributed by atoms with van der Waals surface area (Å²) in [6, 6.07) is 13.6. The highest BCUT2D eigenvalue weighted by Crippen LogP contribution is 2.30. The topological polar surface area (TPSA) is 92.6 Å². The molecule has 33 heavy (non-hydrogen) atoms. The number of likely N-dealkylation sites (tertiary alicyclic amines) is 1. The van der Waals surface area contributed by atoms with Gasteiger partial charge in [-0.3, -0.25) is 4.79 Å². The number of hydrogen-bond donors (Lipinski definition) is 1. The van der Waals surface area contributed by atoms with E-state index < -0.39 is 5.60 Å². The van der Waals surface area contributed by atoms with Crippen LogP contribution in [-0.2, 0) is 4.74 Å². The van der Waals surface area contributed by atoms with Gasteiger partial charge < -0.3 is 14.6 Å². The monoisotopic (exact) mass is 445 g/mol. The molecule has 0 atom stereocenters. The van der Waals surface area contributed by atoms with E-state index in [0.717, 1.165) is 35.0 Å². The van der Waals surface area contributed by atoms with E-state index in [2.05, 4.69) is 9.97 Å². The lowest BCUT2D eigenvalue weighted by molar-refractivity contribution is 0.0203. The molecule has 5 rings (SSSR count). The highest BCUT2D eigenvalue weighted by molar-refractivity contribution is 5.92. The molecule has 0 radical (unpaired) electrons. The number of hydrogen-bond acceptors (Lipinski definition) is 5. The van der Waals surface area contributed by atoms with E-state index in [-0.39, 0.29) is 17.6 Å². The van der Waals surface area contributed by atoms with Gasteiger partial charge in [0, 0.05) is 36.8 Å². The molecule has 1 saturated heterocycles. The summed E-state index contributed by atoms with van der Waals surface area (Å²) >= 11 is 0. The third kappa shape index (κ3) is 4.20. The Balaban J connectivity index is 1.47. The SMILES string of the molecule is CC(C)(C)OC(=O)N1CCC(c2cc(=O)[nH]c3c4cc(-c5ccccc5)cnc4nn23)CC1. The minimum absolute atomic E-state index is 0.108. The van der Waals surface area contributed by atoms with Gasteiger partial charge in [0.15, 0.2) is 5.65 Å². The minimum Gasteiger partial charge on any atom is -0.444 e. The zero-order valence-electron chi connectivity index (χ0n) is 19.0. The highest BCUT2D eigenvalue weighted by Gasteiger charge is 2.29. The molecule has 0 spiro atoms. The molecule has 8 heteroatoms. The minimum atomic E-state index is -0.520. The molecule has 1 amide bonds. The summed E-state index contributed by atoms with van der Waals surface area (Å²) in [6.45, 7) is 6.74. The number of nitrogens with zero attached hydrogens (tertiary/aromatic N) is 4. The maximum atomic E-state index is 12.6. The van der Waals surface area contributed by atoms with Crippen molar-refractivity contribution >= 4 is 22.8 Å². The Bertz CT molecular complexity index is 1380. The van der Waals surface area contributed by atoms with Gasteiger partial charge in [0.1, 0.15) is 11.2 Å². The second-order valence-corrected chi connectivity index (χ2v) is 9.52. The van der Waals surface area contributed by atoms with Crippen molar-refractivity contribution in [3.63, 3.8) is 0 Å². The first-order chi connectivity index (χ1) is 15.8. The van der Waals surface area contributed by atoms with E-state index in [1.165, 1.54) is 0 Å². The number of aromatic nitrogens is 4. The molecule has 1 aromatic carbocycles. The zero-order valence-corrected chi connectivity index (χ0v) is 19.0. The number of fused-ring (bicyclic) bond motifs is 3. The smallest absolute Gasteiger partial charge is 0.410 e. The molecule has 0 bridgehead atoms. The fourth-order valence-corrected chi connectivity index (χ4v) is 4.39. The molecule has 170 valence electrons. The Hall–Kier alpha value is -3.68. The van der Waals surface area contributed by atoms with Crippen molar-refractivity contribution in [1.29, 1.82) is 0 Å². The lowest BCUT2D eigenvalue weighted by atomic mass is 9.93. The van der Waals surface area contributed by atoms with Crippen LogP contribution < -0.4 is 5.56 Å². The molecule has 8 nitrogen and oxygen atoms in total. The first-order valence-corrected chi connectivity index (χ1v) is 11.2. The first kappa shape index (κ1) is 21.2. The zero-order chi connectivity index (χ0) is 23.2. The number of carbonyl (C=O) groups excluding carboxylic acids is 1. The lowest BCUT2D eigenvalue weighted by Crippen LogP contribution is -2.41. The maximum absolute atomic E-state index is 12.6. The number of pyridine rings is 1. The van der Waals surface area contributed by atoms with Gasteiger partial charge in [0.2, 0.25) is 0 Å². The molecular formula is C25H27N5O3. The van der Waals surface area contributed by atoms with Crippen molar-refractivity contribution in [1.82, 2.24) is 24.5 Å². The normalized spacial score (nSPS) is 15.3. The van der Waals surface area contributed by atoms with E-state index in [1.807, 2.05) is 61.7 Å². The maximum Gasteiger partial charge on any atom is 0.410 e. The Kier molecular flexibility index (Phi) is 5.15. The van der Waals surface area contributed by atoms with Crippen molar-refractivity contribution in [3.05, 3.63) is 64.7 Å². The molecule has 1 N–H and O–H groups in total. The van der Waals surface area contributed by atoms with Gasteiger partial charge in [0.05, 0.1) is 11.1 Å². The molecule has 0 saturated carbocycles. The van der Waals surface area contributed by atoms with Crippen LogP contribution in [0.3, 0.4) is 0 Å². The molecule has 1 aliphatic heterocycles. The predicted octanol–water partition coefficient (Wildman–Crippen LogP) is 4.35. The van der Waals surface area contributed by atoms with E-state index in [1.54, 1.807) is 17.2 Å². The predicted molar refractivity (Wildman–Crippen MR) is 126 cm³/mol. The van der Waals surface area contributed by atoms with Crippen LogP contribution in [0.25, 0.3) is 27.8 Å². The van der Waals surface area contributed by atoms with Crippen molar-refractivity contribution in [2.75, 3.05) is 13.1 Å². The van der Waals surface area contributed by atoms with E-state index in [4.69, 9.17) is 9.84 Å². The van der Waals surface area contributed by atoms with Gasteiger partial charge in [-0.25, -0.2) is 14.3 Å². The third-order valence-corrected chi connectivity index (χ3v) is 5.97. The fourth-order valence-electron chi connectivity index (χ4n) is 4.39. The van der Waals surface area contributed by atoms with Gasteiger partial charge in [-0.2, -0.15) is 0 Å². The summed E-state index contributed by atoms with van der Waals surface area (Å²) in [5.41, 5.74) is 3.41. The van der Waals surface area contributed by atoms with Crippen LogP contribution in [0.2, 0.25) is 0 Å². The Morgan fingerprint density at radius 1 is 1.09 bits per heavy atom. The molecule has 3 aromatic heterocycles. The van der Waals surface area contributed by atoms with Gasteiger partial charge in [-0.1, -0.05) is 30.3 Å². The number of benzene rings is 1. The number of amides is 1. The second kappa shape index (κ2) is 8.03. The summed E-state index contributed by atoms with van der Waals surface area (Å²) in [7, 11) is 0. The van der Waals surface area contributed by atoms with Crippen LogP contribution in [0.5, 0.6) is 0 Å². The molecule has 1 aliphatic rings. The van der Waals surface area contributed by atoms with E-state index in [9.17, 15) is 9.59 Å². The average molecular weight is 446 g/mol. The Morgan fingerprint density at radius 2 is 1.82 bits per heavy atom. The van der Waals surface area contributed by atoms with Crippen LogP contribution >= 0.6 is 0 Å². The highest BCUT2D eigenvalue weighted by atomic mass is 16.6. The number of piperidine rings is 1. The number of H-pyrrole nitrogens is 1. The molecule has 0 aliphatic carbocycles. The number of rotatable bonds is 2. The van der Waals surface area contributed by atoms with Crippen molar-refractivity contribution in [3.8, 4) is 11.1 Å².